The zero-order valence-electron chi connectivity index (χ0n) is 28.7. The number of phenols is 2. The smallest absolute Gasteiger partial charge is 0.267 e. The van der Waals surface area contributed by atoms with Crippen LogP contribution in [0.1, 0.15) is 61.5 Å². The Hall–Kier alpha value is -5.03. The van der Waals surface area contributed by atoms with Crippen molar-refractivity contribution in [2.75, 3.05) is 34.9 Å². The minimum absolute atomic E-state index is 0.000948. The lowest BCUT2D eigenvalue weighted by Crippen LogP contribution is -2.68. The van der Waals surface area contributed by atoms with E-state index in [2.05, 4.69) is 21.3 Å². The zero-order valence-corrected chi connectivity index (χ0v) is 28.7. The lowest BCUT2D eigenvalue weighted by Gasteiger charge is -2.60. The van der Waals surface area contributed by atoms with E-state index in [9.17, 15) is 29.8 Å². The largest absolute Gasteiger partial charge is 0.507 e. The fourth-order valence-electron chi connectivity index (χ4n) is 8.94. The number of amides is 1. The van der Waals surface area contributed by atoms with E-state index < -0.39 is 42.5 Å². The predicted octanol–water partition coefficient (Wildman–Crippen LogP) is 4.05. The molecule has 3 aliphatic heterocycles. The molecule has 13 heteroatoms. The number of methoxy groups -OCH3 is 3. The summed E-state index contributed by atoms with van der Waals surface area (Å²) in [7, 11) is 6.55. The molecule has 3 aromatic carbocycles. The van der Waals surface area contributed by atoms with Crippen molar-refractivity contribution in [1.29, 1.82) is 5.26 Å². The maximum Gasteiger partial charge on any atom is 0.267 e. The molecule has 5 atom stereocenters. The Morgan fingerprint density at radius 1 is 1.00 bits per heavy atom. The number of hydrogen-bond acceptors (Lipinski definition) is 10. The van der Waals surface area contributed by atoms with Crippen LogP contribution in [0.3, 0.4) is 0 Å². The highest BCUT2D eigenvalue weighted by atomic mass is 19.1. The summed E-state index contributed by atoms with van der Waals surface area (Å²) >= 11 is 0. The molecule has 1 saturated heterocycles. The van der Waals surface area contributed by atoms with Crippen molar-refractivity contribution in [3.63, 3.8) is 0 Å². The topological polar surface area (TPSA) is 164 Å². The van der Waals surface area contributed by atoms with Gasteiger partial charge in [0.2, 0.25) is 0 Å². The Bertz CT molecular complexity index is 2090. The SMILES string of the molecule is COc1c(C)c(OC)c2c(c1O)[C@H]1[C@@H]3Cc4c(OC)c(C)c(CO)c(O)c4[C@H](CNC(=O)c4cc5cc(F)ccc5[nH]4)N3[C@@H](C#N)C(C2)N1C. The van der Waals surface area contributed by atoms with Gasteiger partial charge in [-0.1, -0.05) is 0 Å². The maximum atomic E-state index is 13.9. The molecule has 1 fully saturated rings. The van der Waals surface area contributed by atoms with Crippen LogP contribution in [0.2, 0.25) is 0 Å². The summed E-state index contributed by atoms with van der Waals surface area (Å²) in [6.45, 7) is 3.12. The Kier molecular flexibility index (Phi) is 8.29. The van der Waals surface area contributed by atoms with Crippen molar-refractivity contribution in [3.05, 3.63) is 74.7 Å². The van der Waals surface area contributed by atoms with Crippen molar-refractivity contribution < 1.29 is 38.7 Å². The number of carbonyl (C=O) groups is 1. The van der Waals surface area contributed by atoms with Gasteiger partial charge in [0.25, 0.3) is 5.91 Å². The lowest BCUT2D eigenvalue weighted by atomic mass is 9.71. The second kappa shape index (κ2) is 12.4. The van der Waals surface area contributed by atoms with Gasteiger partial charge in [-0.2, -0.15) is 5.26 Å². The highest BCUT2D eigenvalue weighted by molar-refractivity contribution is 5.98. The van der Waals surface area contributed by atoms with Gasteiger partial charge in [0, 0.05) is 68.5 Å². The number of benzene rings is 3. The first-order chi connectivity index (χ1) is 24.0. The van der Waals surface area contributed by atoms with E-state index in [1.807, 2.05) is 18.9 Å². The minimum atomic E-state index is -0.754. The number of aromatic nitrogens is 1. The number of nitriles is 1. The van der Waals surface area contributed by atoms with Crippen LogP contribution in [0.4, 0.5) is 4.39 Å². The van der Waals surface area contributed by atoms with E-state index in [0.717, 1.165) is 5.56 Å². The van der Waals surface area contributed by atoms with Crippen LogP contribution in [0.25, 0.3) is 10.9 Å². The average Bonchev–Trinajstić information content (AvgIpc) is 3.52. The number of nitrogens with one attached hydrogen (secondary N) is 2. The van der Waals surface area contributed by atoms with Crippen molar-refractivity contribution >= 4 is 16.8 Å². The van der Waals surface area contributed by atoms with Crippen LogP contribution in [0, 0.1) is 31.0 Å². The van der Waals surface area contributed by atoms with Crippen molar-refractivity contribution in [3.8, 4) is 34.8 Å². The van der Waals surface area contributed by atoms with E-state index in [-0.39, 0.29) is 29.8 Å². The number of carbonyl (C=O) groups excluding carboxylic acids is 1. The van der Waals surface area contributed by atoms with Gasteiger partial charge < -0.3 is 39.8 Å². The molecule has 1 unspecified atom stereocenters. The molecular formula is C37H40FN5O7. The molecule has 50 heavy (non-hydrogen) atoms. The van der Waals surface area contributed by atoms with Crippen LogP contribution >= 0.6 is 0 Å². The Labute approximate surface area is 288 Å². The number of halogens is 1. The number of aromatic hydroxyl groups is 2. The van der Waals surface area contributed by atoms with Crippen LogP contribution in [-0.2, 0) is 19.4 Å². The lowest BCUT2D eigenvalue weighted by molar-refractivity contribution is -0.0724. The van der Waals surface area contributed by atoms with Gasteiger partial charge in [0.05, 0.1) is 46.1 Å². The first-order valence-corrected chi connectivity index (χ1v) is 16.4. The molecule has 12 nitrogen and oxygen atoms in total. The zero-order chi connectivity index (χ0) is 35.8. The number of likely N-dealkylation sites (N-methyl/N-ethyl adjacent to an activating group) is 1. The number of fused-ring (bicyclic) bond motifs is 8. The molecule has 3 aliphatic rings. The Morgan fingerprint density at radius 3 is 2.32 bits per heavy atom. The highest BCUT2D eigenvalue weighted by Crippen LogP contribution is 2.58. The van der Waals surface area contributed by atoms with E-state index >= 15 is 0 Å². The number of phenolic OH excluding ortho intramolecular Hbond substituents is 1. The van der Waals surface area contributed by atoms with Gasteiger partial charge in [0.1, 0.15) is 34.8 Å². The van der Waals surface area contributed by atoms with Gasteiger partial charge in [0.15, 0.2) is 11.5 Å². The number of nitrogens with zero attached hydrogens (tertiary/aromatic N) is 3. The number of H-pyrrole nitrogens is 1. The quantitative estimate of drug-likeness (QED) is 0.192. The van der Waals surface area contributed by atoms with E-state index in [4.69, 9.17) is 14.2 Å². The fourth-order valence-corrected chi connectivity index (χ4v) is 8.94. The number of rotatable bonds is 7. The molecule has 0 radical (unpaired) electrons. The molecule has 1 aromatic heterocycles. The molecule has 1 amide bonds. The Morgan fingerprint density at radius 2 is 1.66 bits per heavy atom. The fraction of sp³-hybridized carbons (Fsp3) is 0.405. The number of ether oxygens (including phenoxy) is 3. The first-order valence-electron chi connectivity index (χ1n) is 16.4. The van der Waals surface area contributed by atoms with Gasteiger partial charge in [-0.3, -0.25) is 14.6 Å². The molecule has 7 rings (SSSR count). The summed E-state index contributed by atoms with van der Waals surface area (Å²) in [6, 6.07) is 5.57. The maximum absolute atomic E-state index is 13.9. The van der Waals surface area contributed by atoms with Crippen LogP contribution in [-0.4, -0.2) is 89.1 Å². The third-order valence-electron chi connectivity index (χ3n) is 11.1. The van der Waals surface area contributed by atoms with Crippen LogP contribution in [0.5, 0.6) is 28.7 Å². The van der Waals surface area contributed by atoms with Crippen molar-refractivity contribution in [1.82, 2.24) is 20.1 Å². The average molecular weight is 686 g/mol. The second-order valence-corrected chi connectivity index (χ2v) is 13.3. The van der Waals surface area contributed by atoms with Gasteiger partial charge >= 0.3 is 0 Å². The molecule has 4 heterocycles. The normalized spacial score (nSPS) is 22.7. The van der Waals surface area contributed by atoms with E-state index in [1.54, 1.807) is 26.2 Å². The summed E-state index contributed by atoms with van der Waals surface area (Å²) in [4.78, 5) is 20.9. The van der Waals surface area contributed by atoms with Crippen LogP contribution in [0.15, 0.2) is 24.3 Å². The molecule has 0 aliphatic carbocycles. The number of piperazine rings is 1. The van der Waals surface area contributed by atoms with E-state index in [1.165, 1.54) is 26.4 Å². The second-order valence-electron chi connectivity index (χ2n) is 13.3. The number of hydrogen-bond donors (Lipinski definition) is 5. The predicted molar refractivity (Wildman–Crippen MR) is 181 cm³/mol. The van der Waals surface area contributed by atoms with E-state index in [0.29, 0.717) is 74.4 Å². The summed E-state index contributed by atoms with van der Waals surface area (Å²) in [5.74, 6) is 0.392. The highest BCUT2D eigenvalue weighted by Gasteiger charge is 2.57. The monoisotopic (exact) mass is 685 g/mol. The van der Waals surface area contributed by atoms with Gasteiger partial charge in [-0.05, 0) is 58.0 Å². The third-order valence-corrected chi connectivity index (χ3v) is 11.1. The summed E-state index contributed by atoms with van der Waals surface area (Å²) < 4.78 is 31.4. The molecule has 0 saturated carbocycles. The number of aromatic amines is 1. The molecule has 0 spiro atoms. The molecule has 4 aromatic rings. The molecule has 5 N–H and O–H groups in total. The van der Waals surface area contributed by atoms with Crippen molar-refractivity contribution in [2.45, 2.75) is 63.5 Å². The standard InChI is InChI=1S/C37H40FN5O7/c1-16-22(15-44)32(45)29-20(34(16)48-4)12-26-31-30-21(35(49-5)17(2)36(50-6)33(30)46)11-25(42(31)3)27(13-39)43(26)28(29)14-40-37(47)24-10-18-9-19(38)7-8-23(18)41-24/h7-10,25-28,31,41,44-46H,11-12,14-15H2,1-6H3,(H,40,47)/t25?,26-,27-,28-,31+/m0/s1. The van der Waals surface area contributed by atoms with Crippen molar-refractivity contribution in [2.24, 2.45) is 0 Å². The van der Waals surface area contributed by atoms with Gasteiger partial charge in [-0.25, -0.2) is 4.39 Å². The summed E-state index contributed by atoms with van der Waals surface area (Å²) in [5.41, 5.74) is 4.94. The molecular weight excluding hydrogens is 645 g/mol. The molecule has 262 valence electrons. The third kappa shape index (κ3) is 4.70. The first kappa shape index (κ1) is 33.5. The van der Waals surface area contributed by atoms with Crippen LogP contribution < -0.4 is 19.5 Å². The minimum Gasteiger partial charge on any atom is -0.507 e. The summed E-state index contributed by atoms with van der Waals surface area (Å²) in [5, 5.41) is 48.4. The molecule has 2 bridgehead atoms. The van der Waals surface area contributed by atoms with Gasteiger partial charge in [-0.15, -0.1) is 0 Å². The number of aliphatic hydroxyl groups excluding tert-OH is 1. The summed E-state index contributed by atoms with van der Waals surface area (Å²) in [6.07, 6.45) is 0.696. The Balaban J connectivity index is 1.41. The number of aliphatic hydroxyl groups is 1.